The minimum atomic E-state index is -3.89. The first-order chi connectivity index (χ1) is 9.81. The Morgan fingerprint density at radius 3 is 2.71 bits per heavy atom. The quantitative estimate of drug-likeness (QED) is 0.470. The van der Waals surface area contributed by atoms with Crippen LogP contribution in [0.5, 0.6) is 5.75 Å². The zero-order valence-corrected chi connectivity index (χ0v) is 12.3. The van der Waals surface area contributed by atoms with Crippen molar-refractivity contribution in [3.8, 4) is 5.75 Å². The molecule has 1 aromatic heterocycles. The van der Waals surface area contributed by atoms with Gasteiger partial charge < -0.3 is 9.30 Å². The zero-order chi connectivity index (χ0) is 15.6. The van der Waals surface area contributed by atoms with Crippen LogP contribution in [-0.2, 0) is 15.6 Å². The molecular formula is C11H10ClN3O5S. The van der Waals surface area contributed by atoms with E-state index in [4.69, 9.17) is 15.4 Å². The first-order valence-electron chi connectivity index (χ1n) is 5.59. The third kappa shape index (κ3) is 3.50. The Hall–Kier alpha value is -2.13. The third-order valence-corrected chi connectivity index (χ3v) is 3.85. The van der Waals surface area contributed by atoms with E-state index in [1.807, 2.05) is 0 Å². The highest BCUT2D eigenvalue weighted by Gasteiger charge is 2.16. The maximum atomic E-state index is 11.1. The van der Waals surface area contributed by atoms with Gasteiger partial charge in [0.25, 0.3) is 9.05 Å². The predicted octanol–water partition coefficient (Wildman–Crippen LogP) is 1.78. The highest BCUT2D eigenvalue weighted by Crippen LogP contribution is 2.27. The molecule has 0 spiro atoms. The molecule has 0 N–H and O–H groups in total. The Morgan fingerprint density at radius 2 is 2.19 bits per heavy atom. The molecule has 0 saturated heterocycles. The van der Waals surface area contributed by atoms with Gasteiger partial charge in [0.1, 0.15) is 0 Å². The molecule has 1 aromatic carbocycles. The molecule has 1 heterocycles. The van der Waals surface area contributed by atoms with Crippen LogP contribution in [0, 0.1) is 10.1 Å². The molecule has 0 aliphatic carbocycles. The Morgan fingerprint density at radius 1 is 1.48 bits per heavy atom. The molecule has 10 heteroatoms. The van der Waals surface area contributed by atoms with Gasteiger partial charge in [0.15, 0.2) is 10.8 Å². The summed E-state index contributed by atoms with van der Waals surface area (Å²) in [7, 11) is 2.62. The average molecular weight is 332 g/mol. The lowest BCUT2D eigenvalue weighted by atomic mass is 10.2. The summed E-state index contributed by atoms with van der Waals surface area (Å²) in [5, 5.41) is 10.7. The Balaban J connectivity index is 2.30. The summed E-state index contributed by atoms with van der Waals surface area (Å²) in [6.45, 7) is 0.213. The number of halogens is 1. The van der Waals surface area contributed by atoms with Crippen molar-refractivity contribution < 1.29 is 18.1 Å². The molecule has 2 rings (SSSR count). The molecule has 2 aromatic rings. The van der Waals surface area contributed by atoms with Gasteiger partial charge in [-0.1, -0.05) is 6.07 Å². The molecule has 0 amide bonds. The third-order valence-electron chi connectivity index (χ3n) is 2.66. The van der Waals surface area contributed by atoms with Crippen molar-refractivity contribution in [2.45, 2.75) is 11.6 Å². The minimum Gasteiger partial charge on any atom is -0.490 e. The van der Waals surface area contributed by atoms with E-state index < -0.39 is 14.0 Å². The second-order valence-corrected chi connectivity index (χ2v) is 6.60. The predicted molar refractivity (Wildman–Crippen MR) is 74.0 cm³/mol. The van der Waals surface area contributed by atoms with Crippen LogP contribution in [0.2, 0.25) is 0 Å². The number of hydrogen-bond acceptors (Lipinski definition) is 6. The number of benzene rings is 1. The number of aromatic nitrogens is 2. The van der Waals surface area contributed by atoms with Crippen LogP contribution in [0.3, 0.4) is 0 Å². The van der Waals surface area contributed by atoms with Crippen LogP contribution in [0.1, 0.15) is 5.56 Å². The fraction of sp³-hybridized carbons (Fsp3) is 0.182. The van der Waals surface area contributed by atoms with E-state index in [-0.39, 0.29) is 23.0 Å². The maximum absolute atomic E-state index is 11.1. The van der Waals surface area contributed by atoms with E-state index in [2.05, 4.69) is 4.98 Å². The summed E-state index contributed by atoms with van der Waals surface area (Å²) in [5.41, 5.74) is 0.429. The van der Waals surface area contributed by atoms with Crippen LogP contribution < -0.4 is 4.74 Å². The van der Waals surface area contributed by atoms with Crippen molar-refractivity contribution in [3.63, 3.8) is 0 Å². The summed E-state index contributed by atoms with van der Waals surface area (Å²) in [6.07, 6.45) is 2.53. The van der Waals surface area contributed by atoms with E-state index in [0.717, 1.165) is 0 Å². The topological polar surface area (TPSA) is 104 Å². The van der Waals surface area contributed by atoms with Crippen LogP contribution in [0.15, 0.2) is 35.7 Å². The molecule has 0 bridgehead atoms. The minimum absolute atomic E-state index is 0.151. The average Bonchev–Trinajstić information content (AvgIpc) is 2.87. The van der Waals surface area contributed by atoms with E-state index in [9.17, 15) is 18.5 Å². The van der Waals surface area contributed by atoms with E-state index in [1.54, 1.807) is 6.07 Å². The number of nitrogens with zero attached hydrogens (tertiary/aromatic N) is 3. The molecule has 112 valence electrons. The summed E-state index contributed by atoms with van der Waals surface area (Å²) >= 11 is 0. The molecule has 0 radical (unpaired) electrons. The lowest BCUT2D eigenvalue weighted by molar-refractivity contribution is -0.385. The molecule has 0 saturated carbocycles. The van der Waals surface area contributed by atoms with Crippen molar-refractivity contribution in [1.82, 2.24) is 9.55 Å². The van der Waals surface area contributed by atoms with Crippen LogP contribution in [-0.4, -0.2) is 30.0 Å². The second kappa shape index (κ2) is 5.70. The van der Waals surface area contributed by atoms with Crippen molar-refractivity contribution in [3.05, 3.63) is 46.4 Å². The lowest BCUT2D eigenvalue weighted by Crippen LogP contribution is -2.00. The molecule has 0 atom stereocenters. The van der Waals surface area contributed by atoms with Gasteiger partial charge in [-0.2, -0.15) is 0 Å². The lowest BCUT2D eigenvalue weighted by Gasteiger charge is -2.05. The summed E-state index contributed by atoms with van der Waals surface area (Å²) < 4.78 is 28.6. The van der Waals surface area contributed by atoms with E-state index in [1.165, 1.54) is 36.3 Å². The standard InChI is InChI=1S/C11H10ClN3O5S/c1-20-10-3-2-8(4-9(10)15(16)17)5-14-6-11(13-7-14)21(12,18)19/h2-4,6-7H,5H2,1H3. The van der Waals surface area contributed by atoms with Gasteiger partial charge in [-0.3, -0.25) is 10.1 Å². The van der Waals surface area contributed by atoms with E-state index >= 15 is 0 Å². The van der Waals surface area contributed by atoms with Gasteiger partial charge in [-0.25, -0.2) is 13.4 Å². The van der Waals surface area contributed by atoms with E-state index in [0.29, 0.717) is 5.56 Å². The van der Waals surface area contributed by atoms with Gasteiger partial charge in [-0.15, -0.1) is 0 Å². The Labute approximate surface area is 124 Å². The number of rotatable bonds is 5. The molecular weight excluding hydrogens is 322 g/mol. The van der Waals surface area contributed by atoms with Crippen molar-refractivity contribution in [1.29, 1.82) is 0 Å². The number of methoxy groups -OCH3 is 1. The number of ether oxygens (including phenoxy) is 1. The number of imidazole rings is 1. The molecule has 0 unspecified atom stereocenters. The largest absolute Gasteiger partial charge is 0.490 e. The normalized spacial score (nSPS) is 11.3. The molecule has 21 heavy (non-hydrogen) atoms. The Kier molecular flexibility index (Phi) is 4.14. The number of nitro benzene ring substituents is 1. The van der Waals surface area contributed by atoms with Gasteiger partial charge in [-0.05, 0) is 11.6 Å². The van der Waals surface area contributed by atoms with Gasteiger partial charge in [0.05, 0.1) is 18.4 Å². The SMILES string of the molecule is COc1ccc(Cn2cnc(S(=O)(=O)Cl)c2)cc1[N+](=O)[O-]. The van der Waals surface area contributed by atoms with Gasteiger partial charge in [0.2, 0.25) is 0 Å². The summed E-state index contributed by atoms with van der Waals surface area (Å²) in [4.78, 5) is 14.0. The summed E-state index contributed by atoms with van der Waals surface area (Å²) in [5.74, 6) is 0.151. The van der Waals surface area contributed by atoms with Crippen molar-refractivity contribution in [2.75, 3.05) is 7.11 Å². The fourth-order valence-electron chi connectivity index (χ4n) is 1.74. The summed E-state index contributed by atoms with van der Waals surface area (Å²) in [6, 6.07) is 4.47. The highest BCUT2D eigenvalue weighted by molar-refractivity contribution is 8.13. The molecule has 8 nitrogen and oxygen atoms in total. The van der Waals surface area contributed by atoms with Crippen LogP contribution in [0.4, 0.5) is 5.69 Å². The molecule has 0 aliphatic heterocycles. The van der Waals surface area contributed by atoms with Crippen LogP contribution in [0.25, 0.3) is 0 Å². The zero-order valence-electron chi connectivity index (χ0n) is 10.8. The Bertz CT molecular complexity index is 787. The number of hydrogen-bond donors (Lipinski definition) is 0. The number of nitro groups is 1. The first kappa shape index (κ1) is 15.3. The van der Waals surface area contributed by atoms with Gasteiger partial charge in [0, 0.05) is 29.5 Å². The monoisotopic (exact) mass is 331 g/mol. The fourth-order valence-corrected chi connectivity index (χ4v) is 2.41. The van der Waals surface area contributed by atoms with Crippen molar-refractivity contribution in [2.24, 2.45) is 0 Å². The van der Waals surface area contributed by atoms with Crippen molar-refractivity contribution >= 4 is 25.4 Å². The molecule has 0 fully saturated rings. The highest BCUT2D eigenvalue weighted by atomic mass is 35.7. The second-order valence-electron chi connectivity index (χ2n) is 4.09. The first-order valence-corrected chi connectivity index (χ1v) is 7.90. The molecule has 0 aliphatic rings. The van der Waals surface area contributed by atoms with Crippen LogP contribution >= 0.6 is 10.7 Å². The smallest absolute Gasteiger partial charge is 0.311 e. The maximum Gasteiger partial charge on any atom is 0.311 e. The van der Waals surface area contributed by atoms with Gasteiger partial charge >= 0.3 is 5.69 Å².